The smallest absolute Gasteiger partial charge is 0.264 e. The molecule has 5 rings (SSSR count). The SMILES string of the molecule is Cc1nc(C2CC2)nc2sc(C(=O)N3CCN(Cc4ccccc4F)CC3)c(C)c12. The summed E-state index contributed by atoms with van der Waals surface area (Å²) in [5.74, 6) is 1.34. The van der Waals surface area contributed by atoms with E-state index in [9.17, 15) is 9.18 Å². The predicted molar refractivity (Wildman–Crippen MR) is 116 cm³/mol. The molecule has 2 aromatic heterocycles. The Morgan fingerprint density at radius 1 is 1.13 bits per heavy atom. The minimum atomic E-state index is -0.168. The Bertz CT molecular complexity index is 1120. The molecule has 1 aliphatic heterocycles. The van der Waals surface area contributed by atoms with Gasteiger partial charge in [0, 0.05) is 49.6 Å². The maximum Gasteiger partial charge on any atom is 0.264 e. The monoisotopic (exact) mass is 424 g/mol. The van der Waals surface area contributed by atoms with Gasteiger partial charge in [0.05, 0.1) is 10.6 Å². The number of fused-ring (bicyclic) bond motifs is 1. The van der Waals surface area contributed by atoms with Crippen LogP contribution in [-0.2, 0) is 6.54 Å². The van der Waals surface area contributed by atoms with Crippen molar-refractivity contribution in [3.63, 3.8) is 0 Å². The minimum Gasteiger partial charge on any atom is -0.335 e. The molecule has 1 saturated heterocycles. The first-order chi connectivity index (χ1) is 14.5. The number of carbonyl (C=O) groups is 1. The van der Waals surface area contributed by atoms with E-state index in [2.05, 4.69) is 4.90 Å². The highest BCUT2D eigenvalue weighted by Gasteiger charge is 2.30. The van der Waals surface area contributed by atoms with Crippen molar-refractivity contribution in [2.45, 2.75) is 39.2 Å². The van der Waals surface area contributed by atoms with Gasteiger partial charge in [0.2, 0.25) is 0 Å². The van der Waals surface area contributed by atoms with Gasteiger partial charge in [-0.05, 0) is 38.3 Å². The Morgan fingerprint density at radius 2 is 1.87 bits per heavy atom. The van der Waals surface area contributed by atoms with Crippen LogP contribution in [0.2, 0.25) is 0 Å². The standard InChI is InChI=1S/C23H25FN4OS/c1-14-19-15(2)25-21(16-7-8-16)26-22(19)30-20(14)23(29)28-11-9-27(10-12-28)13-17-5-3-4-6-18(17)24/h3-6,16H,7-13H2,1-2H3. The second-order valence-corrected chi connectivity index (χ2v) is 9.34. The lowest BCUT2D eigenvalue weighted by atomic mass is 10.1. The summed E-state index contributed by atoms with van der Waals surface area (Å²) in [4.78, 5) is 28.6. The number of hydrogen-bond acceptors (Lipinski definition) is 5. The quantitative estimate of drug-likeness (QED) is 0.627. The first-order valence-electron chi connectivity index (χ1n) is 10.5. The van der Waals surface area contributed by atoms with Crippen molar-refractivity contribution in [2.24, 2.45) is 0 Å². The summed E-state index contributed by atoms with van der Waals surface area (Å²) in [5.41, 5.74) is 2.68. The Labute approximate surface area is 179 Å². The van der Waals surface area contributed by atoms with E-state index in [0.717, 1.165) is 58.1 Å². The van der Waals surface area contributed by atoms with Crippen LogP contribution in [-0.4, -0.2) is 51.9 Å². The highest BCUT2D eigenvalue weighted by atomic mass is 32.1. The van der Waals surface area contributed by atoms with Crippen LogP contribution >= 0.6 is 11.3 Å². The zero-order chi connectivity index (χ0) is 20.8. The van der Waals surface area contributed by atoms with Crippen LogP contribution in [0, 0.1) is 19.7 Å². The van der Waals surface area contributed by atoms with Crippen LogP contribution in [0.4, 0.5) is 4.39 Å². The van der Waals surface area contributed by atoms with Gasteiger partial charge >= 0.3 is 0 Å². The van der Waals surface area contributed by atoms with Gasteiger partial charge in [0.1, 0.15) is 16.5 Å². The van der Waals surface area contributed by atoms with Crippen molar-refractivity contribution in [1.29, 1.82) is 0 Å². The Morgan fingerprint density at radius 3 is 2.57 bits per heavy atom. The number of benzene rings is 1. The highest BCUT2D eigenvalue weighted by molar-refractivity contribution is 7.20. The zero-order valence-electron chi connectivity index (χ0n) is 17.3. The number of rotatable bonds is 4. The van der Waals surface area contributed by atoms with E-state index in [-0.39, 0.29) is 11.7 Å². The molecule has 0 radical (unpaired) electrons. The second kappa shape index (κ2) is 7.71. The lowest BCUT2D eigenvalue weighted by Gasteiger charge is -2.34. The van der Waals surface area contributed by atoms with Crippen molar-refractivity contribution in [2.75, 3.05) is 26.2 Å². The lowest BCUT2D eigenvalue weighted by molar-refractivity contribution is 0.0631. The van der Waals surface area contributed by atoms with E-state index < -0.39 is 0 Å². The normalized spacial score (nSPS) is 17.6. The van der Waals surface area contributed by atoms with Crippen molar-refractivity contribution in [3.8, 4) is 0 Å². The molecule has 0 N–H and O–H groups in total. The first kappa shape index (κ1) is 19.6. The topological polar surface area (TPSA) is 49.3 Å². The lowest BCUT2D eigenvalue weighted by Crippen LogP contribution is -2.48. The number of halogens is 1. The predicted octanol–water partition coefficient (Wildman–Crippen LogP) is 4.28. The molecule has 7 heteroatoms. The van der Waals surface area contributed by atoms with Gasteiger partial charge in [-0.15, -0.1) is 11.3 Å². The van der Waals surface area contributed by atoms with E-state index in [1.807, 2.05) is 30.9 Å². The number of piperazine rings is 1. The summed E-state index contributed by atoms with van der Waals surface area (Å²) in [6, 6.07) is 6.90. The van der Waals surface area contributed by atoms with E-state index >= 15 is 0 Å². The fourth-order valence-corrected chi connectivity index (χ4v) is 5.42. The van der Waals surface area contributed by atoms with E-state index in [0.29, 0.717) is 31.1 Å². The number of carbonyl (C=O) groups excluding carboxylic acids is 1. The van der Waals surface area contributed by atoms with E-state index in [1.54, 1.807) is 6.07 Å². The molecule has 0 bridgehead atoms. The van der Waals surface area contributed by atoms with Gasteiger partial charge in [-0.25, -0.2) is 14.4 Å². The van der Waals surface area contributed by atoms with Crippen LogP contribution in [0.15, 0.2) is 24.3 Å². The molecule has 2 fully saturated rings. The van der Waals surface area contributed by atoms with E-state index in [4.69, 9.17) is 9.97 Å². The van der Waals surface area contributed by atoms with Gasteiger partial charge in [0.15, 0.2) is 0 Å². The number of aromatic nitrogens is 2. The van der Waals surface area contributed by atoms with Gasteiger partial charge in [0.25, 0.3) is 5.91 Å². The molecule has 3 aromatic rings. The molecular weight excluding hydrogens is 399 g/mol. The zero-order valence-corrected chi connectivity index (χ0v) is 18.1. The number of amides is 1. The van der Waals surface area contributed by atoms with E-state index in [1.165, 1.54) is 17.4 Å². The van der Waals surface area contributed by atoms with Gasteiger partial charge in [-0.2, -0.15) is 0 Å². The maximum atomic E-state index is 13.9. The molecule has 0 spiro atoms. The Kier molecular flexibility index (Phi) is 5.03. The average Bonchev–Trinajstić information content (AvgIpc) is 3.53. The highest BCUT2D eigenvalue weighted by Crippen LogP contribution is 2.40. The largest absolute Gasteiger partial charge is 0.335 e. The third-order valence-electron chi connectivity index (χ3n) is 6.14. The number of nitrogens with zero attached hydrogens (tertiary/aromatic N) is 4. The average molecular weight is 425 g/mol. The maximum absolute atomic E-state index is 13.9. The fraction of sp³-hybridized carbons (Fsp3) is 0.435. The second-order valence-electron chi connectivity index (χ2n) is 8.34. The Hall–Kier alpha value is -2.38. The molecule has 156 valence electrons. The van der Waals surface area contributed by atoms with Crippen LogP contribution in [0.5, 0.6) is 0 Å². The Balaban J connectivity index is 1.31. The molecular formula is C23H25FN4OS. The number of hydrogen-bond donors (Lipinski definition) is 0. The summed E-state index contributed by atoms with van der Waals surface area (Å²) < 4.78 is 13.9. The molecule has 2 aliphatic rings. The molecule has 1 amide bonds. The van der Waals surface area contributed by atoms with Crippen molar-refractivity contribution < 1.29 is 9.18 Å². The summed E-state index contributed by atoms with van der Waals surface area (Å²) >= 11 is 1.50. The van der Waals surface area contributed by atoms with Gasteiger partial charge in [-0.1, -0.05) is 18.2 Å². The summed E-state index contributed by atoms with van der Waals surface area (Å²) in [6.07, 6.45) is 2.33. The summed E-state index contributed by atoms with van der Waals surface area (Å²) in [7, 11) is 0. The van der Waals surface area contributed by atoms with Crippen LogP contribution in [0.1, 0.15) is 51.1 Å². The molecule has 30 heavy (non-hydrogen) atoms. The molecule has 0 unspecified atom stereocenters. The van der Waals surface area contributed by atoms with Crippen molar-refractivity contribution >= 4 is 27.5 Å². The molecule has 1 saturated carbocycles. The summed E-state index contributed by atoms with van der Waals surface area (Å²) in [6.45, 7) is 7.40. The van der Waals surface area contributed by atoms with Crippen LogP contribution in [0.25, 0.3) is 10.2 Å². The van der Waals surface area contributed by atoms with Crippen LogP contribution < -0.4 is 0 Å². The number of aryl methyl sites for hydroxylation is 2. The number of thiophene rings is 1. The first-order valence-corrected chi connectivity index (χ1v) is 11.4. The molecule has 5 nitrogen and oxygen atoms in total. The molecule has 1 aromatic carbocycles. The fourth-order valence-electron chi connectivity index (χ4n) is 4.21. The van der Waals surface area contributed by atoms with Crippen molar-refractivity contribution in [3.05, 3.63) is 57.6 Å². The third kappa shape index (κ3) is 3.61. The van der Waals surface area contributed by atoms with Gasteiger partial charge < -0.3 is 4.90 Å². The molecule has 0 atom stereocenters. The minimum absolute atomic E-state index is 0.0772. The van der Waals surface area contributed by atoms with Crippen molar-refractivity contribution in [1.82, 2.24) is 19.8 Å². The summed E-state index contributed by atoms with van der Waals surface area (Å²) in [5, 5.41) is 1.03. The molecule has 1 aliphatic carbocycles. The van der Waals surface area contributed by atoms with Gasteiger partial charge in [-0.3, -0.25) is 9.69 Å². The van der Waals surface area contributed by atoms with Crippen LogP contribution in [0.3, 0.4) is 0 Å². The molecule has 3 heterocycles. The third-order valence-corrected chi connectivity index (χ3v) is 7.31.